The van der Waals surface area contributed by atoms with E-state index in [0.717, 1.165) is 10.6 Å². The Morgan fingerprint density at radius 3 is 2.15 bits per heavy atom. The number of ether oxygens (including phenoxy) is 2. The van der Waals surface area contributed by atoms with E-state index in [0.29, 0.717) is 12.4 Å². The minimum Gasteiger partial charge on any atom is -0.494 e. The predicted molar refractivity (Wildman–Crippen MR) is 73.0 cm³/mol. The third-order valence-corrected chi connectivity index (χ3v) is 2.83. The van der Waals surface area contributed by atoms with Crippen LogP contribution in [0.2, 0.25) is 0 Å². The van der Waals surface area contributed by atoms with Crippen molar-refractivity contribution in [1.82, 2.24) is 4.90 Å². The highest BCUT2D eigenvalue weighted by atomic mass is 16.5. The number of likely N-dealkylation sites (N-methyl/N-ethyl adjacent to an activating group) is 1. The van der Waals surface area contributed by atoms with Gasteiger partial charge in [-0.25, -0.2) is 4.79 Å². The Balaban J connectivity index is 2.50. The second-order valence-electron chi connectivity index (χ2n) is 4.21. The number of carboxylic acid groups (broad SMARTS) is 1. The molecule has 0 aromatic heterocycles. The molecule has 110 valence electrons. The highest BCUT2D eigenvalue weighted by Gasteiger charge is 2.21. The van der Waals surface area contributed by atoms with Gasteiger partial charge in [0, 0.05) is 7.05 Å². The fraction of sp³-hybridized carbons (Fsp3) is 0.429. The van der Waals surface area contributed by atoms with E-state index in [4.69, 9.17) is 14.6 Å². The molecule has 1 rings (SSSR count). The summed E-state index contributed by atoms with van der Waals surface area (Å²) in [6, 6.07) is 5.99. The lowest BCUT2D eigenvalue weighted by atomic mass is 10.3. The van der Waals surface area contributed by atoms with Crippen LogP contribution in [0.25, 0.3) is 0 Å². The Bertz CT molecular complexity index is 457. The van der Waals surface area contributed by atoms with Crippen LogP contribution in [0.4, 0.5) is 0 Å². The van der Waals surface area contributed by atoms with E-state index >= 15 is 0 Å². The maximum atomic E-state index is 11.7. The summed E-state index contributed by atoms with van der Waals surface area (Å²) < 4.78 is 10.6. The zero-order valence-corrected chi connectivity index (χ0v) is 11.8. The highest BCUT2D eigenvalue weighted by Crippen LogP contribution is 2.17. The number of amides is 1. The molecule has 0 aliphatic carbocycles. The number of hydrogen-bond donors (Lipinski definition) is 1. The number of benzene rings is 1. The number of nitrogens with zero attached hydrogens (tertiary/aromatic N) is 1. The van der Waals surface area contributed by atoms with Crippen molar-refractivity contribution in [2.75, 3.05) is 20.3 Å². The van der Waals surface area contributed by atoms with Crippen molar-refractivity contribution in [1.29, 1.82) is 0 Å². The zero-order chi connectivity index (χ0) is 15.1. The fourth-order valence-electron chi connectivity index (χ4n) is 1.43. The Labute approximate surface area is 117 Å². The second-order valence-corrected chi connectivity index (χ2v) is 4.21. The molecule has 1 N–H and O–H groups in total. The van der Waals surface area contributed by atoms with E-state index < -0.39 is 17.9 Å². The molecule has 0 aliphatic heterocycles. The van der Waals surface area contributed by atoms with Gasteiger partial charge in [-0.05, 0) is 38.1 Å². The third kappa shape index (κ3) is 4.46. The number of rotatable bonds is 7. The molecular formula is C14H19NO5. The lowest BCUT2D eigenvalue weighted by Gasteiger charge is -2.21. The van der Waals surface area contributed by atoms with Gasteiger partial charge in [-0.1, -0.05) is 0 Å². The molecule has 0 fully saturated rings. The summed E-state index contributed by atoms with van der Waals surface area (Å²) in [5.74, 6) is -0.198. The molecular weight excluding hydrogens is 262 g/mol. The summed E-state index contributed by atoms with van der Waals surface area (Å²) in [4.78, 5) is 23.7. The van der Waals surface area contributed by atoms with Crippen molar-refractivity contribution in [3.05, 3.63) is 24.3 Å². The number of carbonyl (C=O) groups is 2. The standard InChI is InChI=1S/C14H19NO5/c1-4-19-11-5-7-12(8-6-11)20-9-13(16)15(3)10(2)14(17)18/h5-8,10H,4,9H2,1-3H3,(H,17,18). The first-order valence-electron chi connectivity index (χ1n) is 6.29. The molecule has 0 saturated carbocycles. The minimum absolute atomic E-state index is 0.206. The highest BCUT2D eigenvalue weighted by molar-refractivity contribution is 5.84. The van der Waals surface area contributed by atoms with E-state index in [9.17, 15) is 9.59 Å². The molecule has 0 saturated heterocycles. The molecule has 0 aliphatic rings. The summed E-state index contributed by atoms with van der Waals surface area (Å²) in [6.45, 7) is 3.71. The molecule has 0 heterocycles. The maximum Gasteiger partial charge on any atom is 0.326 e. The first kappa shape index (κ1) is 15.8. The summed E-state index contributed by atoms with van der Waals surface area (Å²) in [6.07, 6.45) is 0. The second kappa shape index (κ2) is 7.37. The van der Waals surface area contributed by atoms with E-state index in [-0.39, 0.29) is 6.61 Å². The topological polar surface area (TPSA) is 76.1 Å². The largest absolute Gasteiger partial charge is 0.494 e. The van der Waals surface area contributed by atoms with E-state index in [1.807, 2.05) is 6.92 Å². The van der Waals surface area contributed by atoms with Crippen LogP contribution in [0.1, 0.15) is 13.8 Å². The van der Waals surface area contributed by atoms with Gasteiger partial charge in [0.15, 0.2) is 6.61 Å². The van der Waals surface area contributed by atoms with Gasteiger partial charge in [0.05, 0.1) is 6.61 Å². The number of carbonyl (C=O) groups excluding carboxylic acids is 1. The van der Waals surface area contributed by atoms with Crippen LogP contribution < -0.4 is 9.47 Å². The van der Waals surface area contributed by atoms with Gasteiger partial charge in [-0.3, -0.25) is 4.79 Å². The van der Waals surface area contributed by atoms with E-state index in [1.54, 1.807) is 24.3 Å². The Kier molecular flexibility index (Phi) is 5.83. The summed E-state index contributed by atoms with van der Waals surface area (Å²) >= 11 is 0. The molecule has 1 amide bonds. The van der Waals surface area contributed by atoms with Crippen LogP contribution in [-0.4, -0.2) is 48.2 Å². The molecule has 0 spiro atoms. The zero-order valence-electron chi connectivity index (χ0n) is 11.8. The molecule has 1 aromatic rings. The van der Waals surface area contributed by atoms with Crippen molar-refractivity contribution in [2.45, 2.75) is 19.9 Å². The van der Waals surface area contributed by atoms with Crippen LogP contribution >= 0.6 is 0 Å². The molecule has 0 bridgehead atoms. The van der Waals surface area contributed by atoms with Gasteiger partial charge in [-0.2, -0.15) is 0 Å². The average molecular weight is 281 g/mol. The average Bonchev–Trinajstić information content (AvgIpc) is 2.44. The molecule has 6 nitrogen and oxygen atoms in total. The first-order chi connectivity index (χ1) is 9.45. The fourth-order valence-corrected chi connectivity index (χ4v) is 1.43. The molecule has 6 heteroatoms. The predicted octanol–water partition coefficient (Wildman–Crippen LogP) is 1.40. The number of carboxylic acids is 1. The molecule has 1 unspecified atom stereocenters. The SMILES string of the molecule is CCOc1ccc(OCC(=O)N(C)C(C)C(=O)O)cc1. The van der Waals surface area contributed by atoms with Crippen molar-refractivity contribution in [3.8, 4) is 11.5 Å². The Morgan fingerprint density at radius 1 is 1.20 bits per heavy atom. The number of hydrogen-bond acceptors (Lipinski definition) is 4. The lowest BCUT2D eigenvalue weighted by molar-refractivity contribution is -0.148. The van der Waals surface area contributed by atoms with Crippen molar-refractivity contribution in [2.24, 2.45) is 0 Å². The van der Waals surface area contributed by atoms with Crippen LogP contribution in [0, 0.1) is 0 Å². The monoisotopic (exact) mass is 281 g/mol. The van der Waals surface area contributed by atoms with Crippen LogP contribution in [0.5, 0.6) is 11.5 Å². The van der Waals surface area contributed by atoms with Crippen molar-refractivity contribution >= 4 is 11.9 Å². The quantitative estimate of drug-likeness (QED) is 0.817. The van der Waals surface area contributed by atoms with Gasteiger partial charge in [0.1, 0.15) is 17.5 Å². The lowest BCUT2D eigenvalue weighted by Crippen LogP contribution is -2.42. The maximum absolute atomic E-state index is 11.7. The normalized spacial score (nSPS) is 11.6. The van der Waals surface area contributed by atoms with Gasteiger partial charge in [-0.15, -0.1) is 0 Å². The summed E-state index contributed by atoms with van der Waals surface area (Å²) in [7, 11) is 1.43. The van der Waals surface area contributed by atoms with Crippen molar-refractivity contribution in [3.63, 3.8) is 0 Å². The molecule has 1 aromatic carbocycles. The molecule has 0 radical (unpaired) electrons. The summed E-state index contributed by atoms with van der Waals surface area (Å²) in [5.41, 5.74) is 0. The van der Waals surface area contributed by atoms with Gasteiger partial charge < -0.3 is 19.5 Å². The molecule has 1 atom stereocenters. The smallest absolute Gasteiger partial charge is 0.326 e. The minimum atomic E-state index is -1.05. The van der Waals surface area contributed by atoms with E-state index in [2.05, 4.69) is 0 Å². The van der Waals surface area contributed by atoms with Crippen LogP contribution in [0.3, 0.4) is 0 Å². The summed E-state index contributed by atoms with van der Waals surface area (Å²) in [5, 5.41) is 8.82. The van der Waals surface area contributed by atoms with Crippen molar-refractivity contribution < 1.29 is 24.2 Å². The third-order valence-electron chi connectivity index (χ3n) is 2.83. The first-order valence-corrected chi connectivity index (χ1v) is 6.29. The van der Waals surface area contributed by atoms with Gasteiger partial charge in [0.25, 0.3) is 5.91 Å². The van der Waals surface area contributed by atoms with Gasteiger partial charge >= 0.3 is 5.97 Å². The van der Waals surface area contributed by atoms with E-state index in [1.165, 1.54) is 14.0 Å². The van der Waals surface area contributed by atoms with Crippen LogP contribution in [0.15, 0.2) is 24.3 Å². The number of aliphatic carboxylic acids is 1. The molecule has 20 heavy (non-hydrogen) atoms. The Morgan fingerprint density at radius 2 is 1.70 bits per heavy atom. The van der Waals surface area contributed by atoms with Gasteiger partial charge in [0.2, 0.25) is 0 Å². The van der Waals surface area contributed by atoms with Crippen LogP contribution in [-0.2, 0) is 9.59 Å². The Hall–Kier alpha value is -2.24.